The Bertz CT molecular complexity index is 746. The minimum Gasteiger partial charge on any atom is -0.418 e. The molecule has 35 heavy (non-hydrogen) atoms. The molecule has 0 aliphatic heterocycles. The van der Waals surface area contributed by atoms with Crippen LogP contribution in [0.2, 0.25) is 0 Å². The summed E-state index contributed by atoms with van der Waals surface area (Å²) in [4.78, 5) is 0. The first-order valence-corrected chi connectivity index (χ1v) is 15.0. The van der Waals surface area contributed by atoms with E-state index in [1.165, 1.54) is 77.0 Å². The first kappa shape index (κ1) is 32.6. The van der Waals surface area contributed by atoms with E-state index in [4.69, 9.17) is 9.05 Å². The Morgan fingerprint density at radius 3 is 1.29 bits per heavy atom. The van der Waals surface area contributed by atoms with Crippen LogP contribution in [-0.4, -0.2) is 0 Å². The van der Waals surface area contributed by atoms with Crippen LogP contribution in [0, 0.1) is 40.8 Å². The van der Waals surface area contributed by atoms with Gasteiger partial charge in [-0.2, -0.15) is 0 Å². The summed E-state index contributed by atoms with van der Waals surface area (Å²) in [6.45, 7) is 4.50. The van der Waals surface area contributed by atoms with E-state index in [9.17, 15) is 4.57 Å². The summed E-state index contributed by atoms with van der Waals surface area (Å²) >= 11 is 0. The molecule has 0 amide bonds. The molecule has 194 valence electrons. The Labute approximate surface area is 248 Å². The maximum Gasteiger partial charge on any atom is 0.418 e. The number of hydrogen-bond donors (Lipinski definition) is 0. The van der Waals surface area contributed by atoms with Crippen molar-refractivity contribution in [2.75, 3.05) is 0 Å². The van der Waals surface area contributed by atoms with Gasteiger partial charge in [-0.15, -0.1) is 0 Å². The third kappa shape index (κ3) is 14.8. The molecule has 0 N–H and O–H groups in total. The Kier molecular flexibility index (Phi) is 20.2. The van der Waals surface area contributed by atoms with E-state index < -0.39 is 8.25 Å². The Morgan fingerprint density at radius 2 is 0.886 bits per heavy atom. The normalized spacial score (nSPS) is 10.8. The molecule has 0 atom stereocenters. The summed E-state index contributed by atoms with van der Waals surface area (Å²) < 4.78 is 24.4. The number of benzene rings is 2. The maximum atomic E-state index is 12.8. The van der Waals surface area contributed by atoms with E-state index in [-0.39, 0.29) is 40.8 Å². The molecule has 0 aromatic heterocycles. The van der Waals surface area contributed by atoms with Crippen LogP contribution in [0.25, 0.3) is 0 Å². The topological polar surface area (TPSA) is 35.5 Å². The van der Waals surface area contributed by atoms with E-state index >= 15 is 0 Å². The van der Waals surface area contributed by atoms with Crippen LogP contribution < -0.4 is 9.05 Å². The van der Waals surface area contributed by atoms with Crippen LogP contribution in [0.4, 0.5) is 0 Å². The second-order valence-corrected chi connectivity index (χ2v) is 10.3. The first-order valence-electron chi connectivity index (χ1n) is 13.8. The Balaban J connectivity index is 0.00000612. The van der Waals surface area contributed by atoms with Gasteiger partial charge in [0.25, 0.3) is 0 Å². The van der Waals surface area contributed by atoms with E-state index in [1.54, 1.807) is 0 Å². The summed E-state index contributed by atoms with van der Waals surface area (Å²) in [6, 6.07) is 15.9. The summed E-state index contributed by atoms with van der Waals surface area (Å²) in [5, 5.41) is 0. The van der Waals surface area contributed by atoms with Crippen LogP contribution in [0.5, 0.6) is 11.5 Å². The van der Waals surface area contributed by atoms with Gasteiger partial charge in [0.05, 0.1) is 0 Å². The van der Waals surface area contributed by atoms with Crippen molar-refractivity contribution >= 4 is 8.25 Å². The molecule has 0 fully saturated rings. The van der Waals surface area contributed by atoms with Gasteiger partial charge in [-0.3, -0.25) is 0 Å². The number of aryl methyl sites for hydroxylation is 2. The zero-order chi connectivity index (χ0) is 24.3. The average Bonchev–Trinajstić information content (AvgIpc) is 2.85. The molecule has 2 aromatic rings. The molecule has 0 aliphatic carbocycles. The minimum absolute atomic E-state index is 0. The van der Waals surface area contributed by atoms with Crippen molar-refractivity contribution in [3.8, 4) is 11.5 Å². The largest absolute Gasteiger partial charge is 0.418 e. The third-order valence-electron chi connectivity index (χ3n) is 6.43. The summed E-state index contributed by atoms with van der Waals surface area (Å²) in [5.74, 6) is 1.39. The van der Waals surface area contributed by atoms with Gasteiger partial charge in [0, 0.05) is 40.8 Å². The van der Waals surface area contributed by atoms with Crippen LogP contribution in [0.3, 0.4) is 0 Å². The molecular formula is C30H47NdO3P. The van der Waals surface area contributed by atoms with E-state index in [2.05, 4.69) is 26.0 Å². The molecule has 0 unspecified atom stereocenters. The second kappa shape index (κ2) is 21.7. The molecule has 0 radical (unpaired) electrons. The van der Waals surface area contributed by atoms with Crippen molar-refractivity contribution in [3.05, 3.63) is 59.7 Å². The zero-order valence-electron chi connectivity index (χ0n) is 22.2. The predicted molar refractivity (Wildman–Crippen MR) is 147 cm³/mol. The van der Waals surface area contributed by atoms with Gasteiger partial charge in [0.1, 0.15) is 11.5 Å². The molecule has 0 spiro atoms. The van der Waals surface area contributed by atoms with Gasteiger partial charge in [-0.1, -0.05) is 127 Å². The smallest absolute Gasteiger partial charge is 0.418 e. The molecule has 0 heterocycles. The quantitative estimate of drug-likeness (QED) is 0.108. The molecule has 3 nitrogen and oxygen atoms in total. The van der Waals surface area contributed by atoms with Crippen molar-refractivity contribution in [1.82, 2.24) is 0 Å². The van der Waals surface area contributed by atoms with Crippen molar-refractivity contribution in [3.63, 3.8) is 0 Å². The van der Waals surface area contributed by atoms with Gasteiger partial charge in [0.15, 0.2) is 0 Å². The monoisotopic (exact) mass is 628 g/mol. The maximum absolute atomic E-state index is 12.8. The van der Waals surface area contributed by atoms with E-state index in [0.717, 1.165) is 36.8 Å². The van der Waals surface area contributed by atoms with E-state index in [1.807, 2.05) is 36.4 Å². The second-order valence-electron chi connectivity index (χ2n) is 9.41. The number of hydrogen-bond acceptors (Lipinski definition) is 3. The fourth-order valence-corrected chi connectivity index (χ4v) is 5.16. The fraction of sp³-hybridized carbons (Fsp3) is 0.600. The molecule has 2 aromatic carbocycles. The molecule has 0 aliphatic rings. The van der Waals surface area contributed by atoms with Gasteiger partial charge >= 0.3 is 8.25 Å². The van der Waals surface area contributed by atoms with Gasteiger partial charge in [-0.05, 0) is 48.9 Å². The number of para-hydroxylation sites is 2. The summed E-state index contributed by atoms with van der Waals surface area (Å²) in [7, 11) is -2.68. The van der Waals surface area contributed by atoms with Crippen molar-refractivity contribution in [2.45, 2.75) is 117 Å². The fourth-order valence-electron chi connectivity index (χ4n) is 4.37. The SMILES string of the molecule is CCCCCCCCCc1ccccc1O[PH](=O)Oc1ccccc1CCCCCCCCC.[Nd]. The molecular weight excluding hydrogens is 584 g/mol. The minimum atomic E-state index is -2.68. The van der Waals surface area contributed by atoms with Crippen LogP contribution in [0.1, 0.15) is 115 Å². The molecule has 0 bridgehead atoms. The van der Waals surface area contributed by atoms with Crippen molar-refractivity contribution in [2.24, 2.45) is 0 Å². The predicted octanol–water partition coefficient (Wildman–Crippen LogP) is 10.1. The first-order chi connectivity index (χ1) is 16.7. The van der Waals surface area contributed by atoms with E-state index in [0.29, 0.717) is 11.5 Å². The molecule has 5 heteroatoms. The van der Waals surface area contributed by atoms with Crippen LogP contribution in [-0.2, 0) is 17.4 Å². The van der Waals surface area contributed by atoms with Crippen LogP contribution >= 0.6 is 8.25 Å². The Hall–Kier alpha value is -0.379. The van der Waals surface area contributed by atoms with Crippen LogP contribution in [0.15, 0.2) is 48.5 Å². The number of unbranched alkanes of at least 4 members (excludes halogenated alkanes) is 12. The number of rotatable bonds is 20. The third-order valence-corrected chi connectivity index (χ3v) is 7.20. The molecule has 2 rings (SSSR count). The van der Waals surface area contributed by atoms with Gasteiger partial charge in [-0.25, -0.2) is 4.57 Å². The standard InChI is InChI=1S/C30H47O3P.Nd/c1-3-5-7-9-11-13-15-21-27-23-17-19-25-29(27)32-34(31)33-30-26-20-18-24-28(30)22-16-14-12-10-8-6-4-2;/h17-20,23-26,34H,3-16,21-22H2,1-2H3;. The van der Waals surface area contributed by atoms with Gasteiger partial charge in [0.2, 0.25) is 0 Å². The molecule has 0 saturated heterocycles. The van der Waals surface area contributed by atoms with Crippen molar-refractivity contribution in [1.29, 1.82) is 0 Å². The van der Waals surface area contributed by atoms with Gasteiger partial charge < -0.3 is 9.05 Å². The average molecular weight is 631 g/mol. The zero-order valence-corrected chi connectivity index (χ0v) is 26.4. The van der Waals surface area contributed by atoms with Crippen molar-refractivity contribution < 1.29 is 54.5 Å². The summed E-state index contributed by atoms with van der Waals surface area (Å²) in [5.41, 5.74) is 2.24. The molecule has 0 saturated carbocycles. The summed E-state index contributed by atoms with van der Waals surface area (Å²) in [6.07, 6.45) is 19.8. The Morgan fingerprint density at radius 1 is 0.543 bits per heavy atom.